The molecule has 12 heteroatoms. The van der Waals surface area contributed by atoms with Gasteiger partial charge in [-0.25, -0.2) is 14.6 Å². The number of likely N-dealkylation sites (tertiary alicyclic amines) is 2. The van der Waals surface area contributed by atoms with Gasteiger partial charge in [0.1, 0.15) is 11.2 Å². The molecule has 0 aliphatic carbocycles. The summed E-state index contributed by atoms with van der Waals surface area (Å²) in [5.74, 6) is 0.750. The SMILES string of the molecule is CC(C)(C)OC(=O)N1CCC(COS(C)(=O)=O)CC1.CC(C)(C)OC(=O)N1CCC(Cn2cnc3ccccc32)CC1. The van der Waals surface area contributed by atoms with E-state index in [0.29, 0.717) is 19.0 Å². The van der Waals surface area contributed by atoms with E-state index in [2.05, 4.69) is 15.6 Å². The third kappa shape index (κ3) is 11.4. The normalized spacial score (nSPS) is 17.5. The molecule has 11 nitrogen and oxygen atoms in total. The summed E-state index contributed by atoms with van der Waals surface area (Å²) in [5, 5.41) is 0. The van der Waals surface area contributed by atoms with E-state index in [4.69, 9.17) is 13.7 Å². The van der Waals surface area contributed by atoms with Crippen molar-refractivity contribution in [2.45, 2.75) is 85.0 Å². The van der Waals surface area contributed by atoms with Crippen molar-refractivity contribution in [3.63, 3.8) is 0 Å². The third-order valence-corrected chi connectivity index (χ3v) is 7.60. The van der Waals surface area contributed by atoms with Gasteiger partial charge in [0.25, 0.3) is 10.1 Å². The molecule has 0 N–H and O–H groups in total. The van der Waals surface area contributed by atoms with Crippen molar-refractivity contribution in [3.05, 3.63) is 30.6 Å². The minimum Gasteiger partial charge on any atom is -0.444 e. The average Bonchev–Trinajstić information content (AvgIpc) is 3.29. The quantitative estimate of drug-likeness (QED) is 0.420. The van der Waals surface area contributed by atoms with Crippen LogP contribution < -0.4 is 0 Å². The topological polar surface area (TPSA) is 120 Å². The van der Waals surface area contributed by atoms with E-state index in [1.165, 1.54) is 5.52 Å². The van der Waals surface area contributed by atoms with E-state index in [0.717, 1.165) is 57.1 Å². The van der Waals surface area contributed by atoms with Crippen molar-refractivity contribution in [3.8, 4) is 0 Å². The Morgan fingerprint density at radius 3 is 1.79 bits per heavy atom. The number of carbonyl (C=O) groups is 2. The Labute approximate surface area is 250 Å². The van der Waals surface area contributed by atoms with Crippen LogP contribution >= 0.6 is 0 Å². The predicted molar refractivity (Wildman–Crippen MR) is 162 cm³/mol. The van der Waals surface area contributed by atoms with Crippen molar-refractivity contribution < 1.29 is 31.7 Å². The molecule has 2 aliphatic rings. The maximum Gasteiger partial charge on any atom is 0.410 e. The van der Waals surface area contributed by atoms with Crippen LogP contribution in [0, 0.1) is 11.8 Å². The molecule has 2 aromatic rings. The van der Waals surface area contributed by atoms with Crippen LogP contribution in [-0.4, -0.2) is 90.2 Å². The van der Waals surface area contributed by atoms with Crippen LogP contribution in [0.4, 0.5) is 9.59 Å². The molecule has 0 saturated carbocycles. The minimum atomic E-state index is -3.38. The summed E-state index contributed by atoms with van der Waals surface area (Å²) >= 11 is 0. The van der Waals surface area contributed by atoms with Crippen LogP contribution in [0.3, 0.4) is 0 Å². The maximum atomic E-state index is 12.1. The van der Waals surface area contributed by atoms with Crippen molar-refractivity contribution in [1.29, 1.82) is 0 Å². The molecule has 0 bridgehead atoms. The van der Waals surface area contributed by atoms with Crippen molar-refractivity contribution in [2.75, 3.05) is 39.0 Å². The molecule has 4 rings (SSSR count). The molecule has 236 valence electrons. The molecule has 1 aromatic carbocycles. The van der Waals surface area contributed by atoms with E-state index >= 15 is 0 Å². The van der Waals surface area contributed by atoms with Crippen molar-refractivity contribution in [2.24, 2.45) is 11.8 Å². The molecule has 3 heterocycles. The lowest BCUT2D eigenvalue weighted by Crippen LogP contribution is -2.42. The van der Waals surface area contributed by atoms with Gasteiger partial charge in [-0.2, -0.15) is 8.42 Å². The van der Waals surface area contributed by atoms with Crippen LogP contribution in [0.15, 0.2) is 30.6 Å². The lowest BCUT2D eigenvalue weighted by atomic mass is 9.97. The van der Waals surface area contributed by atoms with Gasteiger partial charge in [-0.05, 0) is 91.2 Å². The summed E-state index contributed by atoms with van der Waals surface area (Å²) in [6.45, 7) is 15.1. The van der Waals surface area contributed by atoms with E-state index in [1.807, 2.05) is 71.0 Å². The monoisotopic (exact) mass is 608 g/mol. The first-order valence-electron chi connectivity index (χ1n) is 14.7. The zero-order valence-corrected chi connectivity index (χ0v) is 27.0. The van der Waals surface area contributed by atoms with Gasteiger partial charge in [0.2, 0.25) is 0 Å². The number of benzene rings is 1. The highest BCUT2D eigenvalue weighted by Crippen LogP contribution is 2.23. The van der Waals surface area contributed by atoms with Crippen LogP contribution in [0.2, 0.25) is 0 Å². The number of nitrogens with zero attached hydrogens (tertiary/aromatic N) is 4. The zero-order valence-electron chi connectivity index (χ0n) is 26.2. The number of amides is 2. The van der Waals surface area contributed by atoms with E-state index in [1.54, 1.807) is 4.90 Å². The highest BCUT2D eigenvalue weighted by molar-refractivity contribution is 7.85. The number of carbonyl (C=O) groups excluding carboxylic acids is 2. The molecule has 2 saturated heterocycles. The second-order valence-electron chi connectivity index (χ2n) is 13.2. The minimum absolute atomic E-state index is 0.174. The van der Waals surface area contributed by atoms with Gasteiger partial charge in [-0.15, -0.1) is 0 Å². The number of aromatic nitrogens is 2. The summed E-state index contributed by atoms with van der Waals surface area (Å²) < 4.78 is 39.5. The van der Waals surface area contributed by atoms with Gasteiger partial charge < -0.3 is 23.8 Å². The lowest BCUT2D eigenvalue weighted by molar-refractivity contribution is 0.0160. The number of rotatable bonds is 5. The van der Waals surface area contributed by atoms with Crippen LogP contribution in [0.1, 0.15) is 67.2 Å². The second kappa shape index (κ2) is 14.1. The van der Waals surface area contributed by atoms with Crippen molar-refractivity contribution in [1.82, 2.24) is 19.4 Å². The summed E-state index contributed by atoms with van der Waals surface area (Å²) in [7, 11) is -3.38. The third-order valence-electron chi connectivity index (χ3n) is 7.03. The molecular formula is C30H48N4O7S. The smallest absolute Gasteiger partial charge is 0.410 e. The van der Waals surface area contributed by atoms with Crippen LogP contribution in [0.5, 0.6) is 0 Å². The highest BCUT2D eigenvalue weighted by Gasteiger charge is 2.28. The Kier molecular flexibility index (Phi) is 11.3. The molecule has 0 radical (unpaired) electrons. The second-order valence-corrected chi connectivity index (χ2v) is 14.8. The van der Waals surface area contributed by atoms with Gasteiger partial charge >= 0.3 is 12.2 Å². The summed E-state index contributed by atoms with van der Waals surface area (Å²) in [6, 6.07) is 8.21. The first kappa shape index (κ1) is 33.6. The van der Waals surface area contributed by atoms with E-state index in [-0.39, 0.29) is 24.7 Å². The summed E-state index contributed by atoms with van der Waals surface area (Å²) in [6.07, 6.45) is 5.94. The molecule has 2 amide bonds. The van der Waals surface area contributed by atoms with Crippen molar-refractivity contribution >= 4 is 33.3 Å². The molecule has 42 heavy (non-hydrogen) atoms. The molecule has 2 aliphatic heterocycles. The van der Waals surface area contributed by atoms with Gasteiger partial charge in [-0.1, -0.05) is 12.1 Å². The number of fused-ring (bicyclic) bond motifs is 1. The standard InChI is InChI=1S/C18H25N3O2.C12H23NO5S/c1-18(2,3)23-17(22)20-10-8-14(9-11-20)12-21-13-19-15-6-4-5-7-16(15)21;1-12(2,3)18-11(14)13-7-5-10(6-8-13)9-17-19(4,15)16/h4-7,13-14H,8-12H2,1-3H3;10H,5-9H2,1-4H3. The highest BCUT2D eigenvalue weighted by atomic mass is 32.2. The van der Waals surface area contributed by atoms with Crippen LogP contribution in [-0.2, 0) is 30.3 Å². The Morgan fingerprint density at radius 2 is 1.31 bits per heavy atom. The number of ether oxygens (including phenoxy) is 2. The number of hydrogen-bond acceptors (Lipinski definition) is 8. The molecule has 2 fully saturated rings. The van der Waals surface area contributed by atoms with E-state index in [9.17, 15) is 18.0 Å². The fourth-order valence-corrected chi connectivity index (χ4v) is 5.33. The first-order chi connectivity index (χ1) is 19.5. The Hall–Kier alpha value is -2.86. The Morgan fingerprint density at radius 1 is 0.833 bits per heavy atom. The van der Waals surface area contributed by atoms with Gasteiger partial charge in [0.05, 0.1) is 30.2 Å². The van der Waals surface area contributed by atoms with Gasteiger partial charge in [0.15, 0.2) is 0 Å². The van der Waals surface area contributed by atoms with Gasteiger partial charge in [0, 0.05) is 32.7 Å². The van der Waals surface area contributed by atoms with Crippen LogP contribution in [0.25, 0.3) is 11.0 Å². The maximum absolute atomic E-state index is 12.1. The number of piperidine rings is 2. The zero-order chi connectivity index (χ0) is 31.1. The van der Waals surface area contributed by atoms with Gasteiger partial charge in [-0.3, -0.25) is 4.18 Å². The number of imidazole rings is 1. The molecule has 0 spiro atoms. The fraction of sp³-hybridized carbons (Fsp3) is 0.700. The number of hydrogen-bond donors (Lipinski definition) is 0. The lowest BCUT2D eigenvalue weighted by Gasteiger charge is -2.33. The largest absolute Gasteiger partial charge is 0.444 e. The molecule has 1 aromatic heterocycles. The average molecular weight is 609 g/mol. The summed E-state index contributed by atoms with van der Waals surface area (Å²) in [5.41, 5.74) is 1.30. The fourth-order valence-electron chi connectivity index (χ4n) is 4.89. The summed E-state index contributed by atoms with van der Waals surface area (Å²) in [4.78, 5) is 31.8. The number of para-hydroxylation sites is 2. The Bertz CT molecular complexity index is 1280. The first-order valence-corrected chi connectivity index (χ1v) is 16.5. The predicted octanol–water partition coefficient (Wildman–Crippen LogP) is 5.29. The Balaban J connectivity index is 0.000000236. The molecule has 0 atom stereocenters. The molecular weight excluding hydrogens is 560 g/mol. The van der Waals surface area contributed by atoms with E-state index < -0.39 is 21.3 Å². The molecule has 0 unspecified atom stereocenters.